The van der Waals surface area contributed by atoms with Gasteiger partial charge in [-0.25, -0.2) is 18.2 Å². The summed E-state index contributed by atoms with van der Waals surface area (Å²) in [5.74, 6) is -0.785. The first kappa shape index (κ1) is 23.9. The number of amides is 2. The summed E-state index contributed by atoms with van der Waals surface area (Å²) in [6.45, 7) is 3.65. The zero-order valence-corrected chi connectivity index (χ0v) is 19.6. The average Bonchev–Trinajstić information content (AvgIpc) is 3.52. The second kappa shape index (κ2) is 9.55. The van der Waals surface area contributed by atoms with E-state index in [0.29, 0.717) is 12.8 Å². The standard InChI is InChI=1S/C22H26N4O7S/c1-14(2)12-15(24-22(29)33-19-7-5-11-32-19)21(28)25-10-8-16-20(25)17(27)13-26(16)34(30,31)18-6-3-4-9-23-18/h3-7,9,11,14-16,20H,8,10,12-13H2,1-2H3,(H,24,29). The minimum atomic E-state index is -4.00. The van der Waals surface area contributed by atoms with Gasteiger partial charge in [-0.15, -0.1) is 0 Å². The maximum absolute atomic E-state index is 13.4. The summed E-state index contributed by atoms with van der Waals surface area (Å²) in [4.78, 5) is 44.0. The van der Waals surface area contributed by atoms with Crippen LogP contribution in [0.15, 0.2) is 52.2 Å². The van der Waals surface area contributed by atoms with Crippen LogP contribution in [-0.2, 0) is 19.6 Å². The second-order valence-electron chi connectivity index (χ2n) is 8.67. The van der Waals surface area contributed by atoms with Crippen LogP contribution in [0.25, 0.3) is 0 Å². The molecule has 2 aromatic heterocycles. The zero-order valence-electron chi connectivity index (χ0n) is 18.8. The van der Waals surface area contributed by atoms with Gasteiger partial charge in [0.15, 0.2) is 10.8 Å². The van der Waals surface area contributed by atoms with E-state index < -0.39 is 40.1 Å². The number of sulfonamides is 1. The lowest BCUT2D eigenvalue weighted by molar-refractivity contribution is -0.138. The molecule has 2 aliphatic rings. The highest BCUT2D eigenvalue weighted by atomic mass is 32.2. The van der Waals surface area contributed by atoms with Gasteiger partial charge in [0.05, 0.1) is 18.8 Å². The molecule has 12 heteroatoms. The molecule has 0 radical (unpaired) electrons. The van der Waals surface area contributed by atoms with Crippen LogP contribution in [0.1, 0.15) is 26.7 Å². The Hall–Kier alpha value is -3.25. The predicted molar refractivity (Wildman–Crippen MR) is 118 cm³/mol. The van der Waals surface area contributed by atoms with Crippen LogP contribution in [0.3, 0.4) is 0 Å². The van der Waals surface area contributed by atoms with Crippen molar-refractivity contribution in [3.63, 3.8) is 0 Å². The summed E-state index contributed by atoms with van der Waals surface area (Å²) >= 11 is 0. The fourth-order valence-corrected chi connectivity index (χ4v) is 6.00. The smallest absolute Gasteiger partial charge is 0.415 e. The van der Waals surface area contributed by atoms with Crippen LogP contribution in [0.2, 0.25) is 0 Å². The molecule has 2 aliphatic heterocycles. The molecule has 4 heterocycles. The number of furan rings is 1. The zero-order chi connectivity index (χ0) is 24.5. The highest BCUT2D eigenvalue weighted by Gasteiger charge is 2.54. The van der Waals surface area contributed by atoms with Gasteiger partial charge in [-0.2, -0.15) is 4.31 Å². The number of aromatic nitrogens is 1. The first-order valence-electron chi connectivity index (χ1n) is 11.0. The van der Waals surface area contributed by atoms with Crippen molar-refractivity contribution in [2.45, 2.75) is 49.8 Å². The molecule has 0 spiro atoms. The summed E-state index contributed by atoms with van der Waals surface area (Å²) < 4.78 is 37.4. The number of ether oxygens (including phenoxy) is 1. The van der Waals surface area contributed by atoms with E-state index in [1.165, 1.54) is 29.5 Å². The van der Waals surface area contributed by atoms with Crippen molar-refractivity contribution >= 4 is 27.8 Å². The van der Waals surface area contributed by atoms with E-state index in [9.17, 15) is 22.8 Å². The molecular weight excluding hydrogens is 464 g/mol. The SMILES string of the molecule is CC(C)CC(NC(=O)Oc1ccco1)C(=O)N1CCC2C1C(=O)CN2S(=O)(=O)c1ccccn1. The summed E-state index contributed by atoms with van der Waals surface area (Å²) in [6.07, 6.45) is 2.47. The lowest BCUT2D eigenvalue weighted by Gasteiger charge is -2.28. The molecule has 3 unspecified atom stereocenters. The molecule has 182 valence electrons. The van der Waals surface area contributed by atoms with E-state index in [1.807, 2.05) is 13.8 Å². The number of rotatable bonds is 7. The molecule has 4 rings (SSSR count). The molecule has 3 atom stereocenters. The van der Waals surface area contributed by atoms with Gasteiger partial charge in [-0.05, 0) is 37.0 Å². The third-order valence-corrected chi connectivity index (χ3v) is 7.64. The number of carbonyl (C=O) groups excluding carboxylic acids is 3. The number of ketones is 1. The van der Waals surface area contributed by atoms with Crippen LogP contribution >= 0.6 is 0 Å². The van der Waals surface area contributed by atoms with Crippen molar-refractivity contribution in [1.29, 1.82) is 0 Å². The molecule has 0 bridgehead atoms. The second-order valence-corrected chi connectivity index (χ2v) is 10.5. The van der Waals surface area contributed by atoms with Crippen LogP contribution in [-0.4, -0.2) is 71.6 Å². The normalized spacial score (nSPS) is 21.5. The fourth-order valence-electron chi connectivity index (χ4n) is 4.44. The van der Waals surface area contributed by atoms with Crippen molar-refractivity contribution < 1.29 is 32.0 Å². The minimum Gasteiger partial charge on any atom is -0.434 e. The number of hydrogen-bond donors (Lipinski definition) is 1. The molecule has 0 aromatic carbocycles. The highest BCUT2D eigenvalue weighted by Crippen LogP contribution is 2.34. The number of pyridine rings is 1. The van der Waals surface area contributed by atoms with Crippen molar-refractivity contribution in [3.05, 3.63) is 42.8 Å². The van der Waals surface area contributed by atoms with E-state index in [2.05, 4.69) is 10.3 Å². The first-order chi connectivity index (χ1) is 16.2. The average molecular weight is 491 g/mol. The van der Waals surface area contributed by atoms with E-state index in [4.69, 9.17) is 9.15 Å². The topological polar surface area (TPSA) is 139 Å². The summed E-state index contributed by atoms with van der Waals surface area (Å²) in [6, 6.07) is 5.00. The van der Waals surface area contributed by atoms with Gasteiger partial charge >= 0.3 is 6.09 Å². The lowest BCUT2D eigenvalue weighted by atomic mass is 10.0. The van der Waals surface area contributed by atoms with E-state index in [-0.39, 0.29) is 35.8 Å². The Morgan fingerprint density at radius 1 is 1.26 bits per heavy atom. The number of Topliss-reactive ketones (excluding diaryl/α,β-unsaturated/α-hetero) is 1. The largest absolute Gasteiger partial charge is 0.434 e. The number of nitrogens with one attached hydrogen (secondary N) is 1. The van der Waals surface area contributed by atoms with Gasteiger partial charge in [-0.1, -0.05) is 19.9 Å². The van der Waals surface area contributed by atoms with Crippen molar-refractivity contribution in [1.82, 2.24) is 19.5 Å². The Bertz CT molecular complexity index is 1150. The van der Waals surface area contributed by atoms with Crippen LogP contribution < -0.4 is 10.1 Å². The molecule has 0 saturated carbocycles. The molecule has 1 N–H and O–H groups in total. The van der Waals surface area contributed by atoms with E-state index >= 15 is 0 Å². The summed E-state index contributed by atoms with van der Waals surface area (Å²) in [7, 11) is -4.00. The minimum absolute atomic E-state index is 0.0178. The van der Waals surface area contributed by atoms with Crippen LogP contribution in [0.5, 0.6) is 5.95 Å². The quantitative estimate of drug-likeness (QED) is 0.615. The van der Waals surface area contributed by atoms with Gasteiger partial charge in [-0.3, -0.25) is 9.59 Å². The van der Waals surface area contributed by atoms with Crippen LogP contribution in [0, 0.1) is 5.92 Å². The molecule has 2 aromatic rings. The Balaban J connectivity index is 1.51. The number of likely N-dealkylation sites (tertiary alicyclic amines) is 1. The highest BCUT2D eigenvalue weighted by molar-refractivity contribution is 7.89. The third kappa shape index (κ3) is 4.68. The Morgan fingerprint density at radius 2 is 2.06 bits per heavy atom. The van der Waals surface area contributed by atoms with Gasteiger partial charge in [0.2, 0.25) is 5.91 Å². The Labute approximate surface area is 197 Å². The Kier molecular flexibility index (Phi) is 6.71. The van der Waals surface area contributed by atoms with Crippen molar-refractivity contribution in [2.24, 2.45) is 5.92 Å². The maximum atomic E-state index is 13.4. The molecular formula is C22H26N4O7S. The van der Waals surface area contributed by atoms with Crippen LogP contribution in [0.4, 0.5) is 4.79 Å². The number of carbonyl (C=O) groups is 3. The molecule has 11 nitrogen and oxygen atoms in total. The third-order valence-electron chi connectivity index (χ3n) is 5.86. The number of fused-ring (bicyclic) bond motifs is 1. The van der Waals surface area contributed by atoms with Gasteiger partial charge in [0, 0.05) is 18.8 Å². The van der Waals surface area contributed by atoms with E-state index in [1.54, 1.807) is 18.2 Å². The number of hydrogen-bond acceptors (Lipinski definition) is 8. The van der Waals surface area contributed by atoms with Crippen molar-refractivity contribution in [2.75, 3.05) is 13.1 Å². The lowest BCUT2D eigenvalue weighted by Crippen LogP contribution is -2.53. The molecule has 2 saturated heterocycles. The Morgan fingerprint density at radius 3 is 2.71 bits per heavy atom. The van der Waals surface area contributed by atoms with Crippen molar-refractivity contribution in [3.8, 4) is 5.95 Å². The first-order valence-corrected chi connectivity index (χ1v) is 12.4. The monoisotopic (exact) mass is 490 g/mol. The molecule has 34 heavy (non-hydrogen) atoms. The fraction of sp³-hybridized carbons (Fsp3) is 0.455. The maximum Gasteiger partial charge on any atom is 0.415 e. The molecule has 2 fully saturated rings. The summed E-state index contributed by atoms with van der Waals surface area (Å²) in [5.41, 5.74) is 0. The summed E-state index contributed by atoms with van der Waals surface area (Å²) in [5, 5.41) is 2.41. The molecule has 0 aliphatic carbocycles. The van der Waals surface area contributed by atoms with E-state index in [0.717, 1.165) is 4.31 Å². The van der Waals surface area contributed by atoms with Gasteiger partial charge < -0.3 is 19.4 Å². The predicted octanol–water partition coefficient (Wildman–Crippen LogP) is 1.42. The molecule has 2 amide bonds. The van der Waals surface area contributed by atoms with Gasteiger partial charge in [0.1, 0.15) is 12.1 Å². The number of nitrogens with zero attached hydrogens (tertiary/aromatic N) is 3. The van der Waals surface area contributed by atoms with Gasteiger partial charge in [0.25, 0.3) is 16.0 Å².